The third-order valence-electron chi connectivity index (χ3n) is 12.1. The maximum absolute atomic E-state index is 6.30. The highest BCUT2D eigenvalue weighted by molar-refractivity contribution is 6.32. The summed E-state index contributed by atoms with van der Waals surface area (Å²) in [6.07, 6.45) is 0. The Kier molecular flexibility index (Phi) is 7.00. The topological polar surface area (TPSA) is 13.1 Å². The standard InChI is InChI=1S/C56H34O/c1-2-16-35(17-3-1)37-27-14-28-38(36-32-33-52-50(34-36)42-21-12-13-31-51(42)57-52)55(37)56-47-25-10-8-23-45(47)54(46-24-9-11-26-48(46)56)49-30-15-29-44-41-19-5-4-18-39(41)40-20-6-7-22-43(40)53(44)49/h1-34H. The van der Waals surface area contributed by atoms with Crippen LogP contribution in [0.5, 0.6) is 0 Å². The van der Waals surface area contributed by atoms with Gasteiger partial charge in [-0.2, -0.15) is 0 Å². The van der Waals surface area contributed by atoms with Gasteiger partial charge in [-0.1, -0.05) is 188 Å². The molecule has 0 bridgehead atoms. The van der Waals surface area contributed by atoms with Gasteiger partial charge in [0.1, 0.15) is 11.2 Å². The Morgan fingerprint density at radius 2 is 0.667 bits per heavy atom. The first-order valence-electron chi connectivity index (χ1n) is 19.7. The van der Waals surface area contributed by atoms with Crippen LogP contribution in [-0.2, 0) is 0 Å². The number of furan rings is 1. The van der Waals surface area contributed by atoms with E-state index in [4.69, 9.17) is 4.42 Å². The van der Waals surface area contributed by atoms with Crippen LogP contribution in [0.3, 0.4) is 0 Å². The molecule has 12 rings (SSSR count). The monoisotopic (exact) mass is 722 g/mol. The Labute approximate surface area is 329 Å². The fourth-order valence-electron chi connectivity index (χ4n) is 9.67. The van der Waals surface area contributed by atoms with Crippen LogP contribution in [-0.4, -0.2) is 0 Å². The lowest BCUT2D eigenvalue weighted by molar-refractivity contribution is 0.669. The van der Waals surface area contributed by atoms with Crippen LogP contribution in [0.25, 0.3) is 120 Å². The van der Waals surface area contributed by atoms with Crippen molar-refractivity contribution in [3.8, 4) is 44.5 Å². The molecular weight excluding hydrogens is 689 g/mol. The van der Waals surface area contributed by atoms with E-state index in [-0.39, 0.29) is 0 Å². The number of rotatable bonds is 4. The van der Waals surface area contributed by atoms with E-state index in [1.165, 1.54) is 92.8 Å². The second-order valence-corrected chi connectivity index (χ2v) is 15.1. The number of benzene rings is 11. The minimum atomic E-state index is 0.899. The van der Waals surface area contributed by atoms with Gasteiger partial charge in [-0.25, -0.2) is 0 Å². The van der Waals surface area contributed by atoms with Crippen LogP contribution in [0.1, 0.15) is 0 Å². The van der Waals surface area contributed by atoms with Crippen LogP contribution in [0.15, 0.2) is 211 Å². The highest BCUT2D eigenvalue weighted by Gasteiger charge is 2.24. The van der Waals surface area contributed by atoms with Crippen molar-refractivity contribution >= 4 is 75.8 Å². The molecule has 0 fully saturated rings. The number of hydrogen-bond donors (Lipinski definition) is 0. The molecule has 264 valence electrons. The average Bonchev–Trinajstić information content (AvgIpc) is 3.66. The molecule has 12 aromatic rings. The largest absolute Gasteiger partial charge is 0.456 e. The van der Waals surface area contributed by atoms with Gasteiger partial charge < -0.3 is 4.42 Å². The summed E-state index contributed by atoms with van der Waals surface area (Å²) in [5.74, 6) is 0. The summed E-state index contributed by atoms with van der Waals surface area (Å²) in [6, 6.07) is 75.5. The molecule has 0 radical (unpaired) electrons. The third-order valence-corrected chi connectivity index (χ3v) is 12.1. The van der Waals surface area contributed by atoms with Gasteiger partial charge in [0, 0.05) is 10.8 Å². The fourth-order valence-corrected chi connectivity index (χ4v) is 9.67. The molecule has 1 nitrogen and oxygen atoms in total. The smallest absolute Gasteiger partial charge is 0.135 e. The highest BCUT2D eigenvalue weighted by atomic mass is 16.3. The second-order valence-electron chi connectivity index (χ2n) is 15.1. The Morgan fingerprint density at radius 1 is 0.228 bits per heavy atom. The minimum Gasteiger partial charge on any atom is -0.456 e. The highest BCUT2D eigenvalue weighted by Crippen LogP contribution is 2.51. The Morgan fingerprint density at radius 3 is 1.32 bits per heavy atom. The predicted molar refractivity (Wildman–Crippen MR) is 243 cm³/mol. The molecule has 11 aromatic carbocycles. The molecule has 0 saturated heterocycles. The van der Waals surface area contributed by atoms with Crippen molar-refractivity contribution in [3.63, 3.8) is 0 Å². The summed E-state index contributed by atoms with van der Waals surface area (Å²) in [6.45, 7) is 0. The quantitative estimate of drug-likeness (QED) is 0.130. The van der Waals surface area contributed by atoms with Crippen LogP contribution >= 0.6 is 0 Å². The average molecular weight is 723 g/mol. The number of fused-ring (bicyclic) bond motifs is 11. The number of hydrogen-bond acceptors (Lipinski definition) is 1. The normalized spacial score (nSPS) is 11.9. The van der Waals surface area contributed by atoms with Crippen LogP contribution < -0.4 is 0 Å². The van der Waals surface area contributed by atoms with E-state index < -0.39 is 0 Å². The zero-order chi connectivity index (χ0) is 37.5. The summed E-state index contributed by atoms with van der Waals surface area (Å²) >= 11 is 0. The molecule has 0 atom stereocenters. The summed E-state index contributed by atoms with van der Waals surface area (Å²) in [4.78, 5) is 0. The van der Waals surface area contributed by atoms with Gasteiger partial charge in [0.15, 0.2) is 0 Å². The predicted octanol–water partition coefficient (Wildman–Crippen LogP) is 16.0. The lowest BCUT2D eigenvalue weighted by atomic mass is 9.80. The van der Waals surface area contributed by atoms with Crippen LogP contribution in [0.2, 0.25) is 0 Å². The number of para-hydroxylation sites is 1. The molecule has 0 N–H and O–H groups in total. The first kappa shape index (κ1) is 31.8. The van der Waals surface area contributed by atoms with E-state index in [0.29, 0.717) is 0 Å². The van der Waals surface area contributed by atoms with E-state index in [9.17, 15) is 0 Å². The molecular formula is C56H34O. The molecule has 1 heterocycles. The Bertz CT molecular complexity index is 3470. The zero-order valence-corrected chi connectivity index (χ0v) is 31.0. The van der Waals surface area contributed by atoms with Crippen molar-refractivity contribution in [2.24, 2.45) is 0 Å². The fraction of sp³-hybridized carbons (Fsp3) is 0. The molecule has 0 spiro atoms. The third kappa shape index (κ3) is 4.76. The van der Waals surface area contributed by atoms with Crippen molar-refractivity contribution in [2.45, 2.75) is 0 Å². The molecule has 0 aliphatic heterocycles. The SMILES string of the molecule is c1ccc(-c2cccc(-c3ccc4oc5ccccc5c4c3)c2-c2c3ccccc3c(-c3cccc4c5ccccc5c5ccccc5c34)c3ccccc23)cc1. The second kappa shape index (κ2) is 12.5. The maximum atomic E-state index is 6.30. The molecule has 1 aromatic heterocycles. The Balaban J connectivity index is 1.23. The first-order chi connectivity index (χ1) is 28.3. The van der Waals surface area contributed by atoms with Crippen LogP contribution in [0, 0.1) is 0 Å². The van der Waals surface area contributed by atoms with Gasteiger partial charge in [0.05, 0.1) is 0 Å². The van der Waals surface area contributed by atoms with E-state index in [2.05, 4.69) is 200 Å². The van der Waals surface area contributed by atoms with Gasteiger partial charge >= 0.3 is 0 Å². The van der Waals surface area contributed by atoms with Crippen molar-refractivity contribution in [1.29, 1.82) is 0 Å². The zero-order valence-electron chi connectivity index (χ0n) is 31.0. The van der Waals surface area contributed by atoms with Crippen molar-refractivity contribution in [1.82, 2.24) is 0 Å². The van der Waals surface area contributed by atoms with E-state index in [1.807, 2.05) is 6.07 Å². The van der Waals surface area contributed by atoms with E-state index in [0.717, 1.165) is 27.5 Å². The lowest BCUT2D eigenvalue weighted by Crippen LogP contribution is -1.96. The summed E-state index contributed by atoms with van der Waals surface area (Å²) in [5, 5.41) is 14.9. The maximum Gasteiger partial charge on any atom is 0.135 e. The summed E-state index contributed by atoms with van der Waals surface area (Å²) in [5.41, 5.74) is 11.5. The molecule has 1 heteroatoms. The molecule has 0 unspecified atom stereocenters. The van der Waals surface area contributed by atoms with Gasteiger partial charge in [-0.05, 0) is 117 Å². The molecule has 0 aliphatic carbocycles. The van der Waals surface area contributed by atoms with E-state index >= 15 is 0 Å². The van der Waals surface area contributed by atoms with Crippen LogP contribution in [0.4, 0.5) is 0 Å². The van der Waals surface area contributed by atoms with E-state index in [1.54, 1.807) is 0 Å². The molecule has 0 amide bonds. The van der Waals surface area contributed by atoms with Gasteiger partial charge in [0.2, 0.25) is 0 Å². The molecule has 0 saturated carbocycles. The minimum absolute atomic E-state index is 0.899. The Hall–Kier alpha value is -7.48. The van der Waals surface area contributed by atoms with Crippen molar-refractivity contribution in [2.75, 3.05) is 0 Å². The van der Waals surface area contributed by atoms with Gasteiger partial charge in [0.25, 0.3) is 0 Å². The van der Waals surface area contributed by atoms with Gasteiger partial charge in [-0.15, -0.1) is 0 Å². The summed E-state index contributed by atoms with van der Waals surface area (Å²) < 4.78 is 6.30. The van der Waals surface area contributed by atoms with Crippen molar-refractivity contribution < 1.29 is 4.42 Å². The summed E-state index contributed by atoms with van der Waals surface area (Å²) in [7, 11) is 0. The van der Waals surface area contributed by atoms with Gasteiger partial charge in [-0.3, -0.25) is 0 Å². The van der Waals surface area contributed by atoms with Crippen molar-refractivity contribution in [3.05, 3.63) is 206 Å². The lowest BCUT2D eigenvalue weighted by Gasteiger charge is -2.23. The first-order valence-corrected chi connectivity index (χ1v) is 19.7. The molecule has 0 aliphatic rings. The molecule has 57 heavy (non-hydrogen) atoms.